The van der Waals surface area contributed by atoms with Gasteiger partial charge in [-0.15, -0.1) is 0 Å². The van der Waals surface area contributed by atoms with Crippen LogP contribution in [0.2, 0.25) is 0 Å². The number of nitrogens with zero attached hydrogens (tertiary/aromatic N) is 1. The van der Waals surface area contributed by atoms with Gasteiger partial charge in [0.15, 0.2) is 0 Å². The lowest BCUT2D eigenvalue weighted by Crippen LogP contribution is -2.60. The highest BCUT2D eigenvalue weighted by atomic mass is 31.2. The van der Waals surface area contributed by atoms with Crippen LogP contribution in [0.3, 0.4) is 0 Å². The van der Waals surface area contributed by atoms with Crippen LogP contribution in [-0.4, -0.2) is 10.5 Å². The first-order valence-electron chi connectivity index (χ1n) is 13.6. The lowest BCUT2D eigenvalue weighted by atomic mass is 9.45. The van der Waals surface area contributed by atoms with Gasteiger partial charge in [-0.25, -0.2) is 4.44 Å². The van der Waals surface area contributed by atoms with E-state index in [1.165, 1.54) is 34.1 Å². The summed E-state index contributed by atoms with van der Waals surface area (Å²) in [5, 5.41) is 5.81. The molecule has 0 amide bonds. The van der Waals surface area contributed by atoms with Crippen LogP contribution < -0.4 is 21.2 Å². The molecule has 4 aromatic rings. The van der Waals surface area contributed by atoms with E-state index < -0.39 is 16.1 Å². The molecule has 0 aliphatic heterocycles. The van der Waals surface area contributed by atoms with E-state index in [4.69, 9.17) is 0 Å². The molecule has 0 radical (unpaired) electrons. The SMILES string of the molecule is CC1C(N(P(c2ccccc2)c2ccccc2)P(c2ccccc2)c2ccccc2)C[C@@H]2C[C@H]1C2(C)C. The second kappa shape index (κ2) is 10.5. The van der Waals surface area contributed by atoms with Gasteiger partial charge in [0.05, 0.1) is 0 Å². The highest BCUT2D eigenvalue weighted by molar-refractivity contribution is 7.84. The zero-order valence-electron chi connectivity index (χ0n) is 22.1. The van der Waals surface area contributed by atoms with E-state index in [0.717, 1.165) is 11.8 Å². The van der Waals surface area contributed by atoms with Crippen molar-refractivity contribution in [1.29, 1.82) is 0 Å². The largest absolute Gasteiger partial charge is 0.241 e. The quantitative estimate of drug-likeness (QED) is 0.228. The maximum absolute atomic E-state index is 3.04. The summed E-state index contributed by atoms with van der Waals surface area (Å²) >= 11 is 0. The first-order chi connectivity index (χ1) is 18.1. The molecule has 0 heterocycles. The third-order valence-electron chi connectivity index (χ3n) is 9.02. The molecular formula is C34H37NP2. The van der Waals surface area contributed by atoms with Gasteiger partial charge in [0, 0.05) is 22.2 Å². The number of hydrogen-bond acceptors (Lipinski definition) is 1. The molecule has 1 nitrogen and oxygen atoms in total. The third-order valence-corrected chi connectivity index (χ3v) is 14.7. The Hall–Kier alpha value is -2.30. The molecule has 0 spiro atoms. The molecule has 3 aliphatic rings. The lowest BCUT2D eigenvalue weighted by Gasteiger charge is -2.64. The summed E-state index contributed by atoms with van der Waals surface area (Å²) < 4.78 is 3.04. The van der Waals surface area contributed by atoms with Crippen molar-refractivity contribution in [3.8, 4) is 0 Å². The Kier molecular flexibility index (Phi) is 7.07. The number of rotatable bonds is 7. The fraction of sp³-hybridized carbons (Fsp3) is 0.294. The summed E-state index contributed by atoms with van der Waals surface area (Å²) in [5.41, 5.74) is 0.464. The molecule has 0 N–H and O–H groups in total. The van der Waals surface area contributed by atoms with Gasteiger partial charge in [-0.05, 0) is 57.2 Å². The molecular weight excluding hydrogens is 484 g/mol. The standard InChI is InChI=1S/C34H37NP2/c1-26-32-24-27(34(32,2)3)25-33(26)35(36(28-16-8-4-9-17-28)29-18-10-5-11-19-29)37(30-20-12-6-13-21-30)31-22-14-7-15-23-31/h4-23,26-27,32-33H,24-25H2,1-3H3/t26?,27-,32+,33?/m0/s1. The van der Waals surface area contributed by atoms with Gasteiger partial charge in [-0.3, -0.25) is 0 Å². The van der Waals surface area contributed by atoms with Gasteiger partial charge in [0.25, 0.3) is 0 Å². The van der Waals surface area contributed by atoms with Crippen molar-refractivity contribution in [1.82, 2.24) is 4.44 Å². The van der Waals surface area contributed by atoms with Crippen molar-refractivity contribution in [2.45, 2.75) is 39.7 Å². The summed E-state index contributed by atoms with van der Waals surface area (Å²) in [6, 6.07) is 45.9. The molecule has 0 saturated heterocycles. The van der Waals surface area contributed by atoms with Crippen molar-refractivity contribution >= 4 is 37.4 Å². The van der Waals surface area contributed by atoms with Crippen molar-refractivity contribution in [3.63, 3.8) is 0 Å². The van der Waals surface area contributed by atoms with Crippen LogP contribution in [0, 0.1) is 23.2 Å². The van der Waals surface area contributed by atoms with Gasteiger partial charge in [0.1, 0.15) is 0 Å². The lowest BCUT2D eigenvalue weighted by molar-refractivity contribution is -0.119. The normalized spacial score (nSPS) is 24.3. The molecule has 188 valence electrons. The number of fused-ring (bicyclic) bond motifs is 2. The van der Waals surface area contributed by atoms with Gasteiger partial charge >= 0.3 is 0 Å². The van der Waals surface area contributed by atoms with E-state index in [-0.39, 0.29) is 0 Å². The molecule has 37 heavy (non-hydrogen) atoms. The highest BCUT2D eigenvalue weighted by Gasteiger charge is 2.58. The summed E-state index contributed by atoms with van der Waals surface area (Å²) in [7, 11) is -1.44. The predicted octanol–water partition coefficient (Wildman–Crippen LogP) is 7.45. The van der Waals surface area contributed by atoms with E-state index in [0.29, 0.717) is 17.4 Å². The minimum Gasteiger partial charge on any atom is -0.241 e. The molecule has 4 atom stereocenters. The molecule has 3 fully saturated rings. The minimum atomic E-state index is -0.718. The molecule has 3 saturated carbocycles. The maximum Gasteiger partial charge on any atom is 0.0325 e. The van der Waals surface area contributed by atoms with Gasteiger partial charge in [-0.2, -0.15) is 0 Å². The Bertz CT molecular complexity index is 1130. The Labute approximate surface area is 225 Å². The second-order valence-corrected chi connectivity index (χ2v) is 15.8. The molecule has 7 rings (SSSR count). The van der Waals surface area contributed by atoms with Crippen LogP contribution in [0.1, 0.15) is 33.6 Å². The third kappa shape index (κ3) is 4.61. The Balaban J connectivity index is 1.58. The summed E-state index contributed by atoms with van der Waals surface area (Å²) in [6.45, 7) is 7.61. The Morgan fingerprint density at radius 3 is 1.22 bits per heavy atom. The molecule has 3 aliphatic carbocycles. The van der Waals surface area contributed by atoms with Crippen LogP contribution in [0.25, 0.3) is 0 Å². The zero-order chi connectivity index (χ0) is 25.4. The fourth-order valence-corrected chi connectivity index (χ4v) is 13.4. The van der Waals surface area contributed by atoms with Crippen LogP contribution in [0.15, 0.2) is 121 Å². The van der Waals surface area contributed by atoms with E-state index in [2.05, 4.69) is 147 Å². The first kappa shape index (κ1) is 25.0. The predicted molar refractivity (Wildman–Crippen MR) is 163 cm³/mol. The zero-order valence-corrected chi connectivity index (χ0v) is 23.9. The van der Waals surface area contributed by atoms with Crippen LogP contribution in [0.4, 0.5) is 0 Å². The topological polar surface area (TPSA) is 3.24 Å². The summed E-state index contributed by atoms with van der Waals surface area (Å²) in [4.78, 5) is 0. The van der Waals surface area contributed by atoms with Gasteiger partial charge < -0.3 is 0 Å². The molecule has 4 aromatic carbocycles. The maximum atomic E-state index is 3.04. The van der Waals surface area contributed by atoms with Crippen molar-refractivity contribution < 1.29 is 0 Å². The molecule has 2 unspecified atom stereocenters. The van der Waals surface area contributed by atoms with Crippen molar-refractivity contribution in [2.24, 2.45) is 23.2 Å². The van der Waals surface area contributed by atoms with E-state index in [1.54, 1.807) is 0 Å². The van der Waals surface area contributed by atoms with E-state index >= 15 is 0 Å². The van der Waals surface area contributed by atoms with Crippen LogP contribution >= 0.6 is 16.1 Å². The highest BCUT2D eigenvalue weighted by Crippen LogP contribution is 2.67. The second-order valence-electron chi connectivity index (χ2n) is 11.3. The van der Waals surface area contributed by atoms with Crippen molar-refractivity contribution in [2.75, 3.05) is 0 Å². The Morgan fingerprint density at radius 1 is 0.568 bits per heavy atom. The summed E-state index contributed by atoms with van der Waals surface area (Å²) in [6.07, 6.45) is 2.70. The van der Waals surface area contributed by atoms with Crippen LogP contribution in [-0.2, 0) is 0 Å². The monoisotopic (exact) mass is 521 g/mol. The minimum absolute atomic E-state index is 0.464. The molecule has 0 aromatic heterocycles. The average molecular weight is 522 g/mol. The van der Waals surface area contributed by atoms with Crippen LogP contribution in [0.5, 0.6) is 0 Å². The number of benzene rings is 4. The molecule has 2 bridgehead atoms. The fourth-order valence-electron chi connectivity index (χ4n) is 6.86. The van der Waals surface area contributed by atoms with E-state index in [9.17, 15) is 0 Å². The summed E-state index contributed by atoms with van der Waals surface area (Å²) in [5.74, 6) is 2.27. The smallest absolute Gasteiger partial charge is 0.0325 e. The van der Waals surface area contributed by atoms with Gasteiger partial charge in [-0.1, -0.05) is 142 Å². The van der Waals surface area contributed by atoms with Crippen molar-refractivity contribution in [3.05, 3.63) is 121 Å². The first-order valence-corrected chi connectivity index (χ1v) is 16.2. The van der Waals surface area contributed by atoms with E-state index in [1.807, 2.05) is 0 Å². The Morgan fingerprint density at radius 2 is 0.919 bits per heavy atom. The van der Waals surface area contributed by atoms with Gasteiger partial charge in [0.2, 0.25) is 0 Å². The average Bonchev–Trinajstić information content (AvgIpc) is 2.95. The number of hydrogen-bond donors (Lipinski definition) is 0. The molecule has 3 heteroatoms.